The minimum Gasteiger partial charge on any atom is -0.490 e. The van der Waals surface area contributed by atoms with E-state index in [1.807, 2.05) is 13.0 Å². The number of aromatic nitrogens is 2. The van der Waals surface area contributed by atoms with E-state index in [1.54, 1.807) is 24.4 Å². The topological polar surface area (TPSA) is 64.1 Å². The standard InChI is InChI=1S/C21H18F3N3O2/c1-12(14-9-20(28)27-10-14)29-19-8-13(7-18-16(19)3-2-6-25-18)17-5-4-15(11-26-17)21(22,23)24/h2-8,11-12,14H,9-10H2,1H3,(H,27,28). The highest BCUT2D eigenvalue weighted by atomic mass is 19.4. The molecule has 1 saturated heterocycles. The summed E-state index contributed by atoms with van der Waals surface area (Å²) in [5.74, 6) is 0.598. The molecule has 2 atom stereocenters. The molecule has 3 heterocycles. The van der Waals surface area contributed by atoms with Gasteiger partial charge in [-0.05, 0) is 43.3 Å². The molecule has 0 spiro atoms. The van der Waals surface area contributed by atoms with E-state index in [0.29, 0.717) is 35.5 Å². The van der Waals surface area contributed by atoms with Crippen molar-refractivity contribution < 1.29 is 22.7 Å². The van der Waals surface area contributed by atoms with Crippen LogP contribution in [0.5, 0.6) is 5.75 Å². The molecule has 3 aromatic rings. The Balaban J connectivity index is 1.70. The second-order valence-electron chi connectivity index (χ2n) is 7.07. The highest BCUT2D eigenvalue weighted by Crippen LogP contribution is 2.34. The fraction of sp³-hybridized carbons (Fsp3) is 0.286. The first-order valence-corrected chi connectivity index (χ1v) is 9.17. The van der Waals surface area contributed by atoms with Gasteiger partial charge < -0.3 is 10.1 Å². The van der Waals surface area contributed by atoms with E-state index in [9.17, 15) is 18.0 Å². The molecule has 2 unspecified atom stereocenters. The van der Waals surface area contributed by atoms with Crippen LogP contribution < -0.4 is 10.1 Å². The maximum absolute atomic E-state index is 12.8. The summed E-state index contributed by atoms with van der Waals surface area (Å²) >= 11 is 0. The van der Waals surface area contributed by atoms with Gasteiger partial charge in [0.2, 0.25) is 5.91 Å². The van der Waals surface area contributed by atoms with Crippen LogP contribution in [0.4, 0.5) is 13.2 Å². The molecule has 0 saturated carbocycles. The van der Waals surface area contributed by atoms with Gasteiger partial charge in [-0.15, -0.1) is 0 Å². The van der Waals surface area contributed by atoms with E-state index in [-0.39, 0.29) is 17.9 Å². The molecule has 2 aromatic heterocycles. The van der Waals surface area contributed by atoms with Crippen molar-refractivity contribution in [1.29, 1.82) is 0 Å². The lowest BCUT2D eigenvalue weighted by atomic mass is 10.0. The molecule has 1 amide bonds. The van der Waals surface area contributed by atoms with Gasteiger partial charge in [0.05, 0.1) is 16.8 Å². The molecule has 4 rings (SSSR count). The lowest BCUT2D eigenvalue weighted by molar-refractivity contribution is -0.137. The number of nitrogens with zero attached hydrogens (tertiary/aromatic N) is 2. The summed E-state index contributed by atoms with van der Waals surface area (Å²) in [6.45, 7) is 2.45. The van der Waals surface area contributed by atoms with E-state index in [1.165, 1.54) is 6.07 Å². The van der Waals surface area contributed by atoms with Crippen LogP contribution in [-0.4, -0.2) is 28.5 Å². The normalized spacial score (nSPS) is 17.9. The zero-order valence-electron chi connectivity index (χ0n) is 15.5. The molecular formula is C21H18F3N3O2. The number of amides is 1. The zero-order chi connectivity index (χ0) is 20.6. The molecule has 150 valence electrons. The number of benzene rings is 1. The molecule has 5 nitrogen and oxygen atoms in total. The largest absolute Gasteiger partial charge is 0.490 e. The van der Waals surface area contributed by atoms with Gasteiger partial charge in [-0.2, -0.15) is 13.2 Å². The average molecular weight is 401 g/mol. The Kier molecular flexibility index (Phi) is 4.86. The van der Waals surface area contributed by atoms with Crippen LogP contribution in [0.1, 0.15) is 18.9 Å². The van der Waals surface area contributed by atoms with Crippen molar-refractivity contribution in [3.63, 3.8) is 0 Å². The summed E-state index contributed by atoms with van der Waals surface area (Å²) in [4.78, 5) is 19.8. The monoisotopic (exact) mass is 401 g/mol. The summed E-state index contributed by atoms with van der Waals surface area (Å²) in [6, 6.07) is 9.51. The predicted octanol–water partition coefficient (Wildman–Crippen LogP) is 4.22. The van der Waals surface area contributed by atoms with Gasteiger partial charge in [-0.3, -0.25) is 14.8 Å². The lowest BCUT2D eigenvalue weighted by Crippen LogP contribution is -2.25. The quantitative estimate of drug-likeness (QED) is 0.711. The number of nitrogens with one attached hydrogen (secondary N) is 1. The van der Waals surface area contributed by atoms with E-state index in [2.05, 4.69) is 15.3 Å². The molecule has 1 N–H and O–H groups in total. The van der Waals surface area contributed by atoms with Crippen LogP contribution in [0.15, 0.2) is 48.8 Å². The van der Waals surface area contributed by atoms with Crippen molar-refractivity contribution in [2.45, 2.75) is 25.6 Å². The maximum atomic E-state index is 12.8. The van der Waals surface area contributed by atoms with Gasteiger partial charge >= 0.3 is 6.18 Å². The Labute approximate surface area is 164 Å². The number of alkyl halides is 3. The molecular weight excluding hydrogens is 383 g/mol. The van der Waals surface area contributed by atoms with E-state index in [4.69, 9.17) is 4.74 Å². The Morgan fingerprint density at radius 1 is 1.21 bits per heavy atom. The highest BCUT2D eigenvalue weighted by Gasteiger charge is 2.31. The number of rotatable bonds is 4. The zero-order valence-corrected chi connectivity index (χ0v) is 15.5. The second-order valence-corrected chi connectivity index (χ2v) is 7.07. The van der Waals surface area contributed by atoms with E-state index >= 15 is 0 Å². The fourth-order valence-electron chi connectivity index (χ4n) is 3.38. The van der Waals surface area contributed by atoms with Crippen LogP contribution >= 0.6 is 0 Å². The van der Waals surface area contributed by atoms with Gasteiger partial charge in [0, 0.05) is 42.2 Å². The highest BCUT2D eigenvalue weighted by molar-refractivity contribution is 5.89. The van der Waals surface area contributed by atoms with Crippen molar-refractivity contribution in [2.75, 3.05) is 6.54 Å². The minimum absolute atomic E-state index is 0.000296. The molecule has 1 aliphatic heterocycles. The number of ether oxygens (including phenoxy) is 1. The number of carbonyl (C=O) groups is 1. The third kappa shape index (κ3) is 4.01. The molecule has 0 aliphatic carbocycles. The first kappa shape index (κ1) is 19.2. The summed E-state index contributed by atoms with van der Waals surface area (Å²) in [7, 11) is 0. The number of fused-ring (bicyclic) bond motifs is 1. The Morgan fingerprint density at radius 3 is 2.69 bits per heavy atom. The van der Waals surface area contributed by atoms with Crippen molar-refractivity contribution in [3.05, 3.63) is 54.4 Å². The molecule has 1 aromatic carbocycles. The van der Waals surface area contributed by atoms with Crippen molar-refractivity contribution in [1.82, 2.24) is 15.3 Å². The summed E-state index contributed by atoms with van der Waals surface area (Å²) in [6.07, 6.45) is -1.81. The first-order valence-electron chi connectivity index (χ1n) is 9.17. The van der Waals surface area contributed by atoms with Crippen LogP contribution in [0, 0.1) is 5.92 Å². The third-order valence-corrected chi connectivity index (χ3v) is 5.06. The third-order valence-electron chi connectivity index (χ3n) is 5.06. The summed E-state index contributed by atoms with van der Waals surface area (Å²) in [5.41, 5.74) is 0.840. The summed E-state index contributed by atoms with van der Waals surface area (Å²) in [5, 5.41) is 3.58. The van der Waals surface area contributed by atoms with Gasteiger partial charge in [0.1, 0.15) is 11.9 Å². The van der Waals surface area contributed by atoms with Crippen LogP contribution in [0.2, 0.25) is 0 Å². The molecule has 29 heavy (non-hydrogen) atoms. The number of hydrogen-bond donors (Lipinski definition) is 1. The maximum Gasteiger partial charge on any atom is 0.417 e. The van der Waals surface area contributed by atoms with Crippen LogP contribution in [0.25, 0.3) is 22.2 Å². The van der Waals surface area contributed by atoms with Gasteiger partial charge in [0.15, 0.2) is 0 Å². The molecule has 1 aliphatic rings. The van der Waals surface area contributed by atoms with Gasteiger partial charge in [0.25, 0.3) is 0 Å². The predicted molar refractivity (Wildman–Crippen MR) is 101 cm³/mol. The second kappa shape index (κ2) is 7.35. The Bertz CT molecular complexity index is 1050. The number of pyridine rings is 2. The van der Waals surface area contributed by atoms with Crippen molar-refractivity contribution in [3.8, 4) is 17.0 Å². The number of halogens is 3. The number of carbonyl (C=O) groups excluding carboxylic acids is 1. The van der Waals surface area contributed by atoms with Gasteiger partial charge in [-0.25, -0.2) is 0 Å². The fourth-order valence-corrected chi connectivity index (χ4v) is 3.38. The van der Waals surface area contributed by atoms with E-state index < -0.39 is 11.7 Å². The SMILES string of the molecule is CC(Oc1cc(-c2ccc(C(F)(F)F)cn2)cc2ncccc12)C1CNC(=O)C1. The first-order chi connectivity index (χ1) is 13.8. The Morgan fingerprint density at radius 2 is 2.03 bits per heavy atom. The number of hydrogen-bond acceptors (Lipinski definition) is 4. The molecule has 0 bridgehead atoms. The van der Waals surface area contributed by atoms with Crippen molar-refractivity contribution >= 4 is 16.8 Å². The minimum atomic E-state index is -4.44. The van der Waals surface area contributed by atoms with Gasteiger partial charge in [-0.1, -0.05) is 0 Å². The lowest BCUT2D eigenvalue weighted by Gasteiger charge is -2.21. The van der Waals surface area contributed by atoms with Crippen LogP contribution in [-0.2, 0) is 11.0 Å². The van der Waals surface area contributed by atoms with Crippen molar-refractivity contribution in [2.24, 2.45) is 5.92 Å². The van der Waals surface area contributed by atoms with Crippen LogP contribution in [0.3, 0.4) is 0 Å². The molecule has 0 radical (unpaired) electrons. The Hall–Kier alpha value is -3.16. The van der Waals surface area contributed by atoms with E-state index in [0.717, 1.165) is 17.6 Å². The summed E-state index contributed by atoms with van der Waals surface area (Å²) < 4.78 is 44.6. The molecule has 1 fully saturated rings. The average Bonchev–Trinajstić information content (AvgIpc) is 3.14. The molecule has 8 heteroatoms. The smallest absolute Gasteiger partial charge is 0.417 e.